The third kappa shape index (κ3) is 6.39. The second-order valence-electron chi connectivity index (χ2n) is 7.88. The molecule has 0 radical (unpaired) electrons. The van der Waals surface area contributed by atoms with Gasteiger partial charge >= 0.3 is 0 Å². The van der Waals surface area contributed by atoms with Gasteiger partial charge in [-0.15, -0.1) is 0 Å². The standard InChI is InChI=1S/C21H28N2O5S/c24-19(17-6-5-15-3-1-2-4-16(15)13-17)7-8-20(25)22-11-9-21(26)23-18-10-12-29(27,28)14-18/h5-6,13,18H,1-4,7-12,14H2,(H,22,25)(H,23,26)/t18-/m0/s1. The van der Waals surface area contributed by atoms with E-state index in [-0.39, 0.29) is 61.0 Å². The zero-order valence-corrected chi connectivity index (χ0v) is 17.4. The lowest BCUT2D eigenvalue weighted by atomic mass is 9.89. The molecule has 2 amide bonds. The van der Waals surface area contributed by atoms with Gasteiger partial charge < -0.3 is 10.6 Å². The minimum atomic E-state index is -3.04. The Kier molecular flexibility index (Phi) is 7.05. The Bertz CT molecular complexity index is 894. The number of aryl methyl sites for hydroxylation is 2. The zero-order chi connectivity index (χ0) is 20.9. The lowest BCUT2D eigenvalue weighted by molar-refractivity contribution is -0.122. The van der Waals surface area contributed by atoms with Crippen molar-refractivity contribution in [3.63, 3.8) is 0 Å². The van der Waals surface area contributed by atoms with Crippen molar-refractivity contribution < 1.29 is 22.8 Å². The monoisotopic (exact) mass is 420 g/mol. The molecule has 0 bridgehead atoms. The Labute approximate surface area is 171 Å². The molecule has 1 aromatic rings. The summed E-state index contributed by atoms with van der Waals surface area (Å²) < 4.78 is 22.8. The van der Waals surface area contributed by atoms with Gasteiger partial charge in [-0.3, -0.25) is 14.4 Å². The van der Waals surface area contributed by atoms with Gasteiger partial charge in [0.15, 0.2) is 15.6 Å². The number of hydrogen-bond donors (Lipinski definition) is 2. The van der Waals surface area contributed by atoms with Gasteiger partial charge in [0.25, 0.3) is 0 Å². The Hall–Kier alpha value is -2.22. The van der Waals surface area contributed by atoms with Crippen LogP contribution in [0, 0.1) is 0 Å². The summed E-state index contributed by atoms with van der Waals surface area (Å²) in [6.07, 6.45) is 5.15. The summed E-state index contributed by atoms with van der Waals surface area (Å²) in [6, 6.07) is 5.49. The van der Waals surface area contributed by atoms with E-state index >= 15 is 0 Å². The van der Waals surface area contributed by atoms with Crippen molar-refractivity contribution in [2.45, 2.75) is 57.4 Å². The van der Waals surface area contributed by atoms with E-state index < -0.39 is 9.84 Å². The molecule has 1 aliphatic carbocycles. The summed E-state index contributed by atoms with van der Waals surface area (Å²) in [5, 5.41) is 5.32. The van der Waals surface area contributed by atoms with Crippen molar-refractivity contribution in [3.8, 4) is 0 Å². The van der Waals surface area contributed by atoms with E-state index in [0.29, 0.717) is 12.0 Å². The Balaban J connectivity index is 1.34. The number of sulfone groups is 1. The fourth-order valence-electron chi connectivity index (χ4n) is 3.89. The molecule has 1 heterocycles. The van der Waals surface area contributed by atoms with E-state index in [9.17, 15) is 22.8 Å². The normalized spacial score (nSPS) is 19.9. The van der Waals surface area contributed by atoms with Gasteiger partial charge in [0, 0.05) is 37.4 Å². The predicted octanol–water partition coefficient (Wildman–Crippen LogP) is 1.34. The van der Waals surface area contributed by atoms with E-state index in [2.05, 4.69) is 10.6 Å². The molecule has 3 rings (SSSR count). The second kappa shape index (κ2) is 9.52. The van der Waals surface area contributed by atoms with Crippen LogP contribution in [-0.2, 0) is 32.3 Å². The van der Waals surface area contributed by atoms with Crippen molar-refractivity contribution in [1.29, 1.82) is 0 Å². The quantitative estimate of drug-likeness (QED) is 0.617. The molecule has 0 spiro atoms. The van der Waals surface area contributed by atoms with Crippen LogP contribution in [0.15, 0.2) is 18.2 Å². The molecule has 1 aliphatic heterocycles. The average Bonchev–Trinajstić information content (AvgIpc) is 3.03. The highest BCUT2D eigenvalue weighted by molar-refractivity contribution is 7.91. The van der Waals surface area contributed by atoms with Crippen molar-refractivity contribution in [2.24, 2.45) is 0 Å². The van der Waals surface area contributed by atoms with Crippen LogP contribution < -0.4 is 10.6 Å². The van der Waals surface area contributed by atoms with Crippen LogP contribution in [0.2, 0.25) is 0 Å². The summed E-state index contributed by atoms with van der Waals surface area (Å²) in [5.41, 5.74) is 3.22. The molecule has 2 aliphatic rings. The van der Waals surface area contributed by atoms with Gasteiger partial charge in [0.2, 0.25) is 11.8 Å². The fourth-order valence-corrected chi connectivity index (χ4v) is 5.56. The minimum absolute atomic E-state index is 0.0180. The number of carbonyl (C=O) groups is 3. The molecular weight excluding hydrogens is 392 g/mol. The number of Topliss-reactive ketones (excluding diaryl/α,β-unsaturated/α-hetero) is 1. The molecule has 1 atom stereocenters. The number of fused-ring (bicyclic) bond motifs is 1. The van der Waals surface area contributed by atoms with Gasteiger partial charge in [0.05, 0.1) is 11.5 Å². The Morgan fingerprint density at radius 3 is 2.45 bits per heavy atom. The molecule has 8 heteroatoms. The van der Waals surface area contributed by atoms with Crippen LogP contribution in [0.25, 0.3) is 0 Å². The summed E-state index contributed by atoms with van der Waals surface area (Å²) in [7, 11) is -3.04. The number of ketones is 1. The number of rotatable bonds is 8. The van der Waals surface area contributed by atoms with Gasteiger partial charge in [-0.1, -0.05) is 12.1 Å². The average molecular weight is 421 g/mol. The van der Waals surface area contributed by atoms with Gasteiger partial charge in [-0.05, 0) is 49.3 Å². The maximum absolute atomic E-state index is 12.4. The number of benzene rings is 1. The van der Waals surface area contributed by atoms with Gasteiger partial charge in [0.1, 0.15) is 0 Å². The van der Waals surface area contributed by atoms with Gasteiger partial charge in [-0.25, -0.2) is 8.42 Å². The van der Waals surface area contributed by atoms with E-state index in [1.54, 1.807) is 0 Å². The summed E-state index contributed by atoms with van der Waals surface area (Å²) >= 11 is 0. The Morgan fingerprint density at radius 2 is 1.72 bits per heavy atom. The number of hydrogen-bond acceptors (Lipinski definition) is 5. The van der Waals surface area contributed by atoms with Gasteiger partial charge in [-0.2, -0.15) is 0 Å². The predicted molar refractivity (Wildman–Crippen MR) is 109 cm³/mol. The molecular formula is C21H28N2O5S. The molecule has 0 aromatic heterocycles. The number of nitrogens with one attached hydrogen (secondary N) is 2. The highest BCUT2D eigenvalue weighted by Crippen LogP contribution is 2.23. The molecule has 0 saturated carbocycles. The van der Waals surface area contributed by atoms with Crippen LogP contribution in [0.4, 0.5) is 0 Å². The maximum Gasteiger partial charge on any atom is 0.222 e. The molecule has 2 N–H and O–H groups in total. The molecule has 1 aromatic carbocycles. The van der Waals surface area contributed by atoms with Crippen LogP contribution in [0.1, 0.15) is 60.0 Å². The van der Waals surface area contributed by atoms with E-state index in [4.69, 9.17) is 0 Å². The van der Waals surface area contributed by atoms with Crippen molar-refractivity contribution in [3.05, 3.63) is 34.9 Å². The summed E-state index contributed by atoms with van der Waals surface area (Å²) in [5.74, 6) is -0.512. The largest absolute Gasteiger partial charge is 0.356 e. The van der Waals surface area contributed by atoms with E-state index in [0.717, 1.165) is 19.3 Å². The lowest BCUT2D eigenvalue weighted by Crippen LogP contribution is -2.37. The summed E-state index contributed by atoms with van der Waals surface area (Å²) in [4.78, 5) is 36.2. The van der Waals surface area contributed by atoms with Crippen molar-refractivity contribution in [2.75, 3.05) is 18.1 Å². The number of amides is 2. The first-order valence-electron chi connectivity index (χ1n) is 10.2. The second-order valence-corrected chi connectivity index (χ2v) is 10.1. The van der Waals surface area contributed by atoms with Crippen LogP contribution in [0.3, 0.4) is 0 Å². The fraction of sp³-hybridized carbons (Fsp3) is 0.571. The first-order chi connectivity index (χ1) is 13.8. The molecule has 7 nitrogen and oxygen atoms in total. The highest BCUT2D eigenvalue weighted by atomic mass is 32.2. The first-order valence-corrected chi connectivity index (χ1v) is 12.1. The highest BCUT2D eigenvalue weighted by Gasteiger charge is 2.28. The molecule has 29 heavy (non-hydrogen) atoms. The first kappa shape index (κ1) is 21.5. The van der Waals surface area contributed by atoms with Crippen LogP contribution in [0.5, 0.6) is 0 Å². The minimum Gasteiger partial charge on any atom is -0.356 e. The maximum atomic E-state index is 12.4. The molecule has 0 unspecified atom stereocenters. The SMILES string of the molecule is O=C(CCC(=O)c1ccc2c(c1)CCCC2)NCCC(=O)N[C@H]1CCS(=O)(=O)C1. The zero-order valence-electron chi connectivity index (χ0n) is 16.5. The number of carbonyl (C=O) groups excluding carboxylic acids is 3. The van der Waals surface area contributed by atoms with Crippen LogP contribution >= 0.6 is 0 Å². The van der Waals surface area contributed by atoms with Crippen LogP contribution in [-0.4, -0.2) is 50.1 Å². The van der Waals surface area contributed by atoms with Crippen molar-refractivity contribution in [1.82, 2.24) is 10.6 Å². The molecule has 158 valence electrons. The topological polar surface area (TPSA) is 109 Å². The smallest absolute Gasteiger partial charge is 0.222 e. The van der Waals surface area contributed by atoms with Crippen molar-refractivity contribution >= 4 is 27.4 Å². The Morgan fingerprint density at radius 1 is 0.966 bits per heavy atom. The summed E-state index contributed by atoms with van der Waals surface area (Å²) in [6.45, 7) is 0.164. The third-order valence-corrected chi connectivity index (χ3v) is 7.29. The van der Waals surface area contributed by atoms with E-state index in [1.165, 1.54) is 17.5 Å². The van der Waals surface area contributed by atoms with E-state index in [1.807, 2.05) is 18.2 Å². The third-order valence-electron chi connectivity index (χ3n) is 5.52. The molecule has 1 saturated heterocycles. The lowest BCUT2D eigenvalue weighted by Gasteiger charge is -2.16. The molecule has 1 fully saturated rings.